The Bertz CT molecular complexity index is 440. The molecule has 88 valence electrons. The summed E-state index contributed by atoms with van der Waals surface area (Å²) in [7, 11) is 0. The van der Waals surface area contributed by atoms with E-state index < -0.39 is 17.4 Å². The largest absolute Gasteiger partial charge is 0.480 e. The van der Waals surface area contributed by atoms with Crippen molar-refractivity contribution in [1.29, 1.82) is 0 Å². The number of amides is 1. The Morgan fingerprint density at radius 1 is 1.56 bits per heavy atom. The Morgan fingerprint density at radius 3 is 2.50 bits per heavy atom. The number of nitrogen functional groups attached to an aromatic ring is 1. The minimum Gasteiger partial charge on any atom is -0.480 e. The van der Waals surface area contributed by atoms with Gasteiger partial charge in [-0.1, -0.05) is 11.6 Å². The van der Waals surface area contributed by atoms with Crippen LogP contribution in [0.15, 0.2) is 0 Å². The van der Waals surface area contributed by atoms with Crippen LogP contribution in [-0.2, 0) is 4.79 Å². The highest BCUT2D eigenvalue weighted by Gasteiger charge is 2.30. The number of nitrogens with two attached hydrogens (primary N) is 1. The van der Waals surface area contributed by atoms with E-state index in [4.69, 9.17) is 22.4 Å². The molecule has 0 aliphatic carbocycles. The van der Waals surface area contributed by atoms with E-state index in [2.05, 4.69) is 15.5 Å². The van der Waals surface area contributed by atoms with Gasteiger partial charge in [-0.25, -0.2) is 4.79 Å². The summed E-state index contributed by atoms with van der Waals surface area (Å²) in [5, 5.41) is 16.9. The SMILES string of the molecule is CC(C)(NC(=O)c1[nH]nc(N)c1Cl)C(=O)O. The molecule has 1 rings (SSSR count). The number of carbonyl (C=O) groups excluding carboxylic acids is 1. The third-order valence-corrected chi connectivity index (χ3v) is 2.30. The first-order valence-electron chi connectivity index (χ1n) is 4.31. The minimum absolute atomic E-state index is 0.0139. The van der Waals surface area contributed by atoms with Crippen molar-refractivity contribution in [2.75, 3.05) is 5.73 Å². The summed E-state index contributed by atoms with van der Waals surface area (Å²) in [6.45, 7) is 2.70. The van der Waals surface area contributed by atoms with Crippen LogP contribution in [-0.4, -0.2) is 32.7 Å². The predicted molar refractivity (Wildman–Crippen MR) is 57.2 cm³/mol. The Kier molecular flexibility index (Phi) is 3.09. The van der Waals surface area contributed by atoms with E-state index in [0.29, 0.717) is 0 Å². The van der Waals surface area contributed by atoms with E-state index in [-0.39, 0.29) is 16.5 Å². The van der Waals surface area contributed by atoms with Gasteiger partial charge in [0.2, 0.25) is 0 Å². The number of carboxylic acids is 1. The van der Waals surface area contributed by atoms with Crippen molar-refractivity contribution in [3.05, 3.63) is 10.7 Å². The van der Waals surface area contributed by atoms with Crippen LogP contribution in [0.25, 0.3) is 0 Å². The van der Waals surface area contributed by atoms with Gasteiger partial charge < -0.3 is 16.2 Å². The van der Waals surface area contributed by atoms with Crippen molar-refractivity contribution in [3.8, 4) is 0 Å². The fraction of sp³-hybridized carbons (Fsp3) is 0.375. The molecule has 0 aliphatic rings. The molecule has 0 atom stereocenters. The Labute approximate surface area is 96.0 Å². The van der Waals surface area contributed by atoms with Crippen LogP contribution in [0, 0.1) is 0 Å². The summed E-state index contributed by atoms with van der Waals surface area (Å²) in [6.07, 6.45) is 0. The number of nitrogens with one attached hydrogen (secondary N) is 2. The average molecular weight is 247 g/mol. The van der Waals surface area contributed by atoms with E-state index in [0.717, 1.165) is 0 Å². The lowest BCUT2D eigenvalue weighted by atomic mass is 10.1. The zero-order valence-corrected chi connectivity index (χ0v) is 9.42. The lowest BCUT2D eigenvalue weighted by Gasteiger charge is -2.20. The molecule has 1 aromatic heterocycles. The van der Waals surface area contributed by atoms with Crippen molar-refractivity contribution < 1.29 is 14.7 Å². The summed E-state index contributed by atoms with van der Waals surface area (Å²) in [5.74, 6) is -1.86. The molecule has 0 aliphatic heterocycles. The van der Waals surface area contributed by atoms with Crippen molar-refractivity contribution in [3.63, 3.8) is 0 Å². The van der Waals surface area contributed by atoms with E-state index >= 15 is 0 Å². The number of nitrogens with zero attached hydrogens (tertiary/aromatic N) is 1. The van der Waals surface area contributed by atoms with Crippen LogP contribution < -0.4 is 11.1 Å². The molecule has 0 saturated carbocycles. The normalized spacial score (nSPS) is 11.2. The van der Waals surface area contributed by atoms with Crippen LogP contribution >= 0.6 is 11.6 Å². The number of rotatable bonds is 3. The number of aromatic amines is 1. The average Bonchev–Trinajstić information content (AvgIpc) is 2.46. The molecule has 0 fully saturated rings. The highest BCUT2D eigenvalue weighted by Crippen LogP contribution is 2.20. The second-order valence-corrected chi connectivity index (χ2v) is 4.06. The lowest BCUT2D eigenvalue weighted by molar-refractivity contribution is -0.143. The molecule has 1 aromatic rings. The highest BCUT2D eigenvalue weighted by molar-refractivity contribution is 6.35. The molecule has 1 amide bonds. The van der Waals surface area contributed by atoms with Gasteiger partial charge in [-0.3, -0.25) is 9.89 Å². The number of carboxylic acid groups (broad SMARTS) is 1. The lowest BCUT2D eigenvalue weighted by Crippen LogP contribution is -2.49. The molecule has 16 heavy (non-hydrogen) atoms. The zero-order valence-electron chi connectivity index (χ0n) is 8.67. The Hall–Kier alpha value is -1.76. The van der Waals surface area contributed by atoms with Gasteiger partial charge in [0.1, 0.15) is 16.3 Å². The number of anilines is 1. The molecular formula is C8H11ClN4O3. The molecule has 1 heterocycles. The number of aromatic nitrogens is 2. The van der Waals surface area contributed by atoms with Crippen LogP contribution in [0.2, 0.25) is 5.02 Å². The van der Waals surface area contributed by atoms with Crippen molar-refractivity contribution in [2.45, 2.75) is 19.4 Å². The van der Waals surface area contributed by atoms with Gasteiger partial charge in [0, 0.05) is 0 Å². The standard InChI is InChI=1S/C8H11ClN4O3/c1-8(2,7(15)16)11-6(14)4-3(9)5(10)13-12-4/h1-2H3,(H,11,14)(H,15,16)(H3,10,12,13). The summed E-state index contributed by atoms with van der Waals surface area (Å²) >= 11 is 5.69. The highest BCUT2D eigenvalue weighted by atomic mass is 35.5. The predicted octanol–water partition coefficient (Wildman–Crippen LogP) is 0.238. The van der Waals surface area contributed by atoms with Gasteiger partial charge in [0.15, 0.2) is 5.82 Å². The first-order chi connectivity index (χ1) is 7.25. The summed E-state index contributed by atoms with van der Waals surface area (Å²) in [5.41, 5.74) is 3.87. The maximum atomic E-state index is 11.6. The molecule has 8 heteroatoms. The fourth-order valence-electron chi connectivity index (χ4n) is 0.893. The maximum absolute atomic E-state index is 11.6. The molecule has 7 nitrogen and oxygen atoms in total. The van der Waals surface area contributed by atoms with E-state index in [9.17, 15) is 9.59 Å². The quantitative estimate of drug-likeness (QED) is 0.609. The van der Waals surface area contributed by atoms with Gasteiger partial charge in [0.05, 0.1) is 0 Å². The van der Waals surface area contributed by atoms with Crippen LogP contribution in [0.4, 0.5) is 5.82 Å². The third-order valence-electron chi connectivity index (χ3n) is 1.92. The topological polar surface area (TPSA) is 121 Å². The fourth-order valence-corrected chi connectivity index (χ4v) is 1.06. The number of aliphatic carboxylic acids is 1. The number of hydrogen-bond acceptors (Lipinski definition) is 4. The summed E-state index contributed by atoms with van der Waals surface area (Å²) in [6, 6.07) is 0. The van der Waals surface area contributed by atoms with Gasteiger partial charge in [0.25, 0.3) is 5.91 Å². The van der Waals surface area contributed by atoms with Gasteiger partial charge >= 0.3 is 5.97 Å². The maximum Gasteiger partial charge on any atom is 0.328 e. The minimum atomic E-state index is -1.40. The van der Waals surface area contributed by atoms with Crippen molar-refractivity contribution in [2.24, 2.45) is 0 Å². The number of halogens is 1. The molecule has 0 bridgehead atoms. The zero-order chi connectivity index (χ0) is 12.5. The second kappa shape index (κ2) is 4.01. The Morgan fingerprint density at radius 2 is 2.12 bits per heavy atom. The van der Waals surface area contributed by atoms with Crippen LogP contribution in [0.3, 0.4) is 0 Å². The van der Waals surface area contributed by atoms with Crippen LogP contribution in [0.1, 0.15) is 24.3 Å². The van der Waals surface area contributed by atoms with E-state index in [1.165, 1.54) is 13.8 Å². The number of carbonyl (C=O) groups is 2. The van der Waals surface area contributed by atoms with Gasteiger partial charge in [-0.15, -0.1) is 0 Å². The van der Waals surface area contributed by atoms with Crippen molar-refractivity contribution >= 4 is 29.3 Å². The third kappa shape index (κ3) is 2.25. The first-order valence-corrected chi connectivity index (χ1v) is 4.68. The van der Waals surface area contributed by atoms with Gasteiger partial charge in [-0.2, -0.15) is 5.10 Å². The van der Waals surface area contributed by atoms with E-state index in [1.807, 2.05) is 0 Å². The van der Waals surface area contributed by atoms with E-state index in [1.54, 1.807) is 0 Å². The molecule has 0 spiro atoms. The number of hydrogen-bond donors (Lipinski definition) is 4. The summed E-state index contributed by atoms with van der Waals surface area (Å²) < 4.78 is 0. The van der Waals surface area contributed by atoms with Crippen molar-refractivity contribution in [1.82, 2.24) is 15.5 Å². The molecule has 0 aromatic carbocycles. The summed E-state index contributed by atoms with van der Waals surface area (Å²) in [4.78, 5) is 22.4. The molecule has 5 N–H and O–H groups in total. The smallest absolute Gasteiger partial charge is 0.328 e. The van der Waals surface area contributed by atoms with Crippen LogP contribution in [0.5, 0.6) is 0 Å². The Balaban J connectivity index is 2.89. The molecule has 0 saturated heterocycles. The molecule has 0 unspecified atom stereocenters. The first kappa shape index (κ1) is 12.3. The number of H-pyrrole nitrogens is 1. The molecule has 0 radical (unpaired) electrons. The molecular weight excluding hydrogens is 236 g/mol. The monoisotopic (exact) mass is 246 g/mol. The van der Waals surface area contributed by atoms with Gasteiger partial charge in [-0.05, 0) is 13.8 Å². The second-order valence-electron chi connectivity index (χ2n) is 3.68.